The van der Waals surface area contributed by atoms with Crippen LogP contribution in [0.25, 0.3) is 0 Å². The molecule has 2 aliphatic carbocycles. The van der Waals surface area contributed by atoms with Crippen molar-refractivity contribution in [3.05, 3.63) is 27.8 Å². The summed E-state index contributed by atoms with van der Waals surface area (Å²) in [7, 11) is 0. The quantitative estimate of drug-likeness (QED) is 0.631. The maximum atomic E-state index is 12.5. The summed E-state index contributed by atoms with van der Waals surface area (Å²) in [5.41, 5.74) is 0.793. The molecule has 0 unspecified atom stereocenters. The third-order valence-corrected chi connectivity index (χ3v) is 5.62. The molecule has 2 bridgehead atoms. The Kier molecular flexibility index (Phi) is 2.80. The lowest BCUT2D eigenvalue weighted by Crippen LogP contribution is -2.35. The Bertz CT molecular complexity index is 583. The summed E-state index contributed by atoms with van der Waals surface area (Å²) in [6, 6.07) is 7.69. The van der Waals surface area contributed by atoms with Crippen LogP contribution < -0.4 is 5.32 Å². The third kappa shape index (κ3) is 1.78. The van der Waals surface area contributed by atoms with Crippen LogP contribution in [-0.4, -0.2) is 18.0 Å². The van der Waals surface area contributed by atoms with Crippen LogP contribution in [0.15, 0.2) is 24.3 Å². The number of halogens is 1. The molecule has 4 rings (SSSR count). The molecular weight excluding hydrogens is 369 g/mol. The largest absolute Gasteiger partial charge is 0.462 e. The Morgan fingerprint density at radius 2 is 2.00 bits per heavy atom. The number of benzene rings is 1. The third-order valence-electron chi connectivity index (χ3n) is 4.90. The van der Waals surface area contributed by atoms with Crippen molar-refractivity contribution in [3.8, 4) is 0 Å². The summed E-state index contributed by atoms with van der Waals surface area (Å²) in [6.45, 7) is 0. The van der Waals surface area contributed by atoms with Gasteiger partial charge in [0, 0.05) is 15.2 Å². The first-order valence-corrected chi connectivity index (χ1v) is 7.98. The topological polar surface area (TPSA) is 55.4 Å². The second-order valence-electron chi connectivity index (χ2n) is 5.92. The predicted molar refractivity (Wildman–Crippen MR) is 80.9 cm³/mol. The summed E-state index contributed by atoms with van der Waals surface area (Å²) < 4.78 is 6.49. The Hall–Kier alpha value is -1.11. The summed E-state index contributed by atoms with van der Waals surface area (Å²) >= 11 is 2.23. The molecule has 4 nitrogen and oxygen atoms in total. The average molecular weight is 383 g/mol. The summed E-state index contributed by atoms with van der Waals surface area (Å²) in [5.74, 6) is -0.0119. The maximum absolute atomic E-state index is 12.5. The first kappa shape index (κ1) is 12.6. The minimum Gasteiger partial charge on any atom is -0.462 e. The number of carbonyl (C=O) groups is 2. The van der Waals surface area contributed by atoms with E-state index in [0.717, 1.165) is 22.1 Å². The molecule has 0 aromatic heterocycles. The zero-order valence-corrected chi connectivity index (χ0v) is 12.9. The van der Waals surface area contributed by atoms with Crippen LogP contribution in [0.1, 0.15) is 12.8 Å². The van der Waals surface area contributed by atoms with Gasteiger partial charge in [0.2, 0.25) is 5.91 Å². The van der Waals surface area contributed by atoms with Crippen molar-refractivity contribution in [1.29, 1.82) is 0 Å². The fourth-order valence-corrected chi connectivity index (χ4v) is 4.48. The van der Waals surface area contributed by atoms with E-state index in [1.165, 1.54) is 0 Å². The van der Waals surface area contributed by atoms with E-state index in [1.54, 1.807) is 0 Å². The highest BCUT2D eigenvalue weighted by molar-refractivity contribution is 14.1. The molecule has 1 saturated heterocycles. The molecule has 5 heteroatoms. The van der Waals surface area contributed by atoms with Crippen LogP contribution in [0.5, 0.6) is 0 Å². The van der Waals surface area contributed by atoms with E-state index in [9.17, 15) is 9.59 Å². The molecule has 1 amide bonds. The van der Waals surface area contributed by atoms with Gasteiger partial charge in [0.25, 0.3) is 0 Å². The smallest absolute Gasteiger partial charge is 0.310 e. The lowest BCUT2D eigenvalue weighted by molar-refractivity contribution is -0.145. The predicted octanol–water partition coefficient (Wildman–Crippen LogP) is 2.43. The Labute approximate surface area is 130 Å². The van der Waals surface area contributed by atoms with Crippen LogP contribution in [0.3, 0.4) is 0 Å². The van der Waals surface area contributed by atoms with E-state index in [0.29, 0.717) is 5.92 Å². The lowest BCUT2D eigenvalue weighted by atomic mass is 9.79. The van der Waals surface area contributed by atoms with Crippen molar-refractivity contribution in [2.45, 2.75) is 18.9 Å². The molecule has 5 atom stereocenters. The summed E-state index contributed by atoms with van der Waals surface area (Å²) in [4.78, 5) is 24.4. The lowest BCUT2D eigenvalue weighted by Gasteiger charge is -2.23. The molecule has 1 N–H and O–H groups in total. The number of esters is 1. The minimum absolute atomic E-state index is 0.0268. The monoisotopic (exact) mass is 383 g/mol. The number of carbonyl (C=O) groups excluding carboxylic acids is 2. The number of anilines is 1. The Balaban J connectivity index is 1.54. The zero-order valence-electron chi connectivity index (χ0n) is 10.7. The van der Waals surface area contributed by atoms with Gasteiger partial charge in [-0.15, -0.1) is 0 Å². The second-order valence-corrected chi connectivity index (χ2v) is 7.16. The first-order chi connectivity index (χ1) is 9.63. The Morgan fingerprint density at radius 1 is 1.25 bits per heavy atom. The molecule has 0 spiro atoms. The standard InChI is InChI=1S/C15H14INO3/c16-8-1-3-9(4-2-8)17-14(18)12-7-5-10-11(6-7)20-15(19)13(10)12/h1-4,7,10-13H,5-6H2,(H,17,18)/t7-,10+,11-,12+,13+/m1/s1. The van der Waals surface area contributed by atoms with Crippen molar-refractivity contribution >= 4 is 40.2 Å². The molecular formula is C15H14INO3. The van der Waals surface area contributed by atoms with Gasteiger partial charge < -0.3 is 10.1 Å². The molecule has 1 aliphatic heterocycles. The molecule has 0 radical (unpaired) electrons. The van der Waals surface area contributed by atoms with Gasteiger partial charge in [0.1, 0.15) is 6.10 Å². The first-order valence-electron chi connectivity index (χ1n) is 6.90. The van der Waals surface area contributed by atoms with E-state index >= 15 is 0 Å². The van der Waals surface area contributed by atoms with Gasteiger partial charge >= 0.3 is 5.97 Å². The van der Waals surface area contributed by atoms with E-state index in [4.69, 9.17) is 4.74 Å². The van der Waals surface area contributed by atoms with Gasteiger partial charge in [-0.05, 0) is 65.6 Å². The van der Waals surface area contributed by atoms with Crippen molar-refractivity contribution in [1.82, 2.24) is 0 Å². The number of amides is 1. The number of hydrogen-bond acceptors (Lipinski definition) is 3. The van der Waals surface area contributed by atoms with Crippen LogP contribution in [-0.2, 0) is 14.3 Å². The van der Waals surface area contributed by atoms with E-state index in [1.807, 2.05) is 24.3 Å². The maximum Gasteiger partial charge on any atom is 0.310 e. The minimum atomic E-state index is -0.206. The van der Waals surface area contributed by atoms with E-state index in [2.05, 4.69) is 27.9 Å². The number of nitrogens with one attached hydrogen (secondary N) is 1. The average Bonchev–Trinajstić information content (AvgIpc) is 3.02. The number of hydrogen-bond donors (Lipinski definition) is 1. The molecule has 1 aromatic rings. The summed E-state index contributed by atoms with van der Waals surface area (Å²) in [5, 5.41) is 2.95. The van der Waals surface area contributed by atoms with Crippen LogP contribution in [0.2, 0.25) is 0 Å². The van der Waals surface area contributed by atoms with Gasteiger partial charge in [-0.3, -0.25) is 9.59 Å². The van der Waals surface area contributed by atoms with Gasteiger partial charge in [-0.2, -0.15) is 0 Å². The normalized spacial score (nSPS) is 37.0. The fourth-order valence-electron chi connectivity index (χ4n) is 4.12. The molecule has 104 valence electrons. The Morgan fingerprint density at radius 3 is 2.75 bits per heavy atom. The van der Waals surface area contributed by atoms with Gasteiger partial charge in [0.15, 0.2) is 0 Å². The van der Waals surface area contributed by atoms with Gasteiger partial charge in [-0.1, -0.05) is 0 Å². The van der Waals surface area contributed by atoms with Crippen molar-refractivity contribution in [3.63, 3.8) is 0 Å². The molecule has 20 heavy (non-hydrogen) atoms. The highest BCUT2D eigenvalue weighted by Gasteiger charge is 2.63. The highest BCUT2D eigenvalue weighted by Crippen LogP contribution is 2.57. The molecule has 1 aromatic carbocycles. The number of ether oxygens (including phenoxy) is 1. The molecule has 3 aliphatic rings. The van der Waals surface area contributed by atoms with Gasteiger partial charge in [-0.25, -0.2) is 0 Å². The molecule has 1 heterocycles. The summed E-state index contributed by atoms with van der Waals surface area (Å²) in [6.07, 6.45) is 1.91. The highest BCUT2D eigenvalue weighted by atomic mass is 127. The zero-order chi connectivity index (χ0) is 13.9. The van der Waals surface area contributed by atoms with Crippen LogP contribution in [0, 0.1) is 27.2 Å². The van der Waals surface area contributed by atoms with Crippen LogP contribution in [0.4, 0.5) is 5.69 Å². The van der Waals surface area contributed by atoms with Crippen molar-refractivity contribution in [2.75, 3.05) is 5.32 Å². The molecule has 3 fully saturated rings. The number of fused-ring (bicyclic) bond motifs is 1. The number of rotatable bonds is 2. The van der Waals surface area contributed by atoms with Crippen molar-refractivity contribution in [2.24, 2.45) is 23.7 Å². The van der Waals surface area contributed by atoms with Crippen LogP contribution >= 0.6 is 22.6 Å². The second kappa shape index (κ2) is 4.44. The van der Waals surface area contributed by atoms with E-state index < -0.39 is 0 Å². The molecule has 2 saturated carbocycles. The van der Waals surface area contributed by atoms with E-state index in [-0.39, 0.29) is 35.7 Å². The van der Waals surface area contributed by atoms with Gasteiger partial charge in [0.05, 0.1) is 11.8 Å². The van der Waals surface area contributed by atoms with Crippen molar-refractivity contribution < 1.29 is 14.3 Å². The fraction of sp³-hybridized carbons (Fsp3) is 0.467. The SMILES string of the molecule is O=C(Nc1ccc(I)cc1)[C@H]1[C@@H]2C[C@@H]3[C@@H]1C(=O)O[C@@H]3C2.